The van der Waals surface area contributed by atoms with Crippen LogP contribution in [0.25, 0.3) is 10.9 Å². The molecule has 0 spiro atoms. The third kappa shape index (κ3) is 6.93. The van der Waals surface area contributed by atoms with Crippen molar-refractivity contribution in [3.63, 3.8) is 0 Å². The van der Waals surface area contributed by atoms with Gasteiger partial charge in [0.15, 0.2) is 0 Å². The third-order valence-corrected chi connectivity index (χ3v) is 8.75. The van der Waals surface area contributed by atoms with Crippen molar-refractivity contribution in [1.82, 2.24) is 9.88 Å². The summed E-state index contributed by atoms with van der Waals surface area (Å²) < 4.78 is 43.6. The molecule has 4 rings (SSSR count). The molecule has 38 heavy (non-hydrogen) atoms. The SMILES string of the molecule is COc1ccc2ncc(Cl)c([C@@H](O)CCC3(CO)CCN(CCSc4ccc(C(F)(F)F)cc4)CC3)c2c1. The monoisotopic (exact) mass is 568 g/mol. The smallest absolute Gasteiger partial charge is 0.416 e. The van der Waals surface area contributed by atoms with E-state index in [9.17, 15) is 23.4 Å². The Hall–Kier alpha value is -2.04. The van der Waals surface area contributed by atoms with Crippen molar-refractivity contribution in [1.29, 1.82) is 0 Å². The largest absolute Gasteiger partial charge is 0.497 e. The van der Waals surface area contributed by atoms with Crippen molar-refractivity contribution < 1.29 is 28.1 Å². The van der Waals surface area contributed by atoms with Crippen molar-refractivity contribution in [2.45, 2.75) is 42.9 Å². The molecule has 2 N–H and O–H groups in total. The summed E-state index contributed by atoms with van der Waals surface area (Å²) in [5.74, 6) is 1.43. The number of aliphatic hydroxyl groups is 2. The zero-order valence-corrected chi connectivity index (χ0v) is 22.7. The van der Waals surface area contributed by atoms with E-state index in [1.54, 1.807) is 13.3 Å². The van der Waals surface area contributed by atoms with Crippen LogP contribution in [0.2, 0.25) is 5.02 Å². The van der Waals surface area contributed by atoms with E-state index in [0.717, 1.165) is 66.2 Å². The third-order valence-electron chi connectivity index (χ3n) is 7.46. The van der Waals surface area contributed by atoms with Crippen molar-refractivity contribution in [2.75, 3.05) is 39.1 Å². The molecule has 0 amide bonds. The molecule has 1 atom stereocenters. The lowest BCUT2D eigenvalue weighted by Gasteiger charge is -2.41. The Labute approximate surface area is 230 Å². The molecule has 1 saturated heterocycles. The van der Waals surface area contributed by atoms with Gasteiger partial charge in [0.05, 0.1) is 29.3 Å². The van der Waals surface area contributed by atoms with Gasteiger partial charge >= 0.3 is 6.18 Å². The Kier molecular flexibility index (Phi) is 9.47. The van der Waals surface area contributed by atoms with Crippen LogP contribution in [0.1, 0.15) is 42.9 Å². The summed E-state index contributed by atoms with van der Waals surface area (Å²) in [6.45, 7) is 2.50. The number of halogens is 4. The first-order valence-electron chi connectivity index (χ1n) is 12.6. The van der Waals surface area contributed by atoms with Crippen molar-refractivity contribution >= 4 is 34.3 Å². The second kappa shape index (κ2) is 12.4. The topological polar surface area (TPSA) is 65.8 Å². The number of benzene rings is 2. The highest BCUT2D eigenvalue weighted by molar-refractivity contribution is 7.99. The number of alkyl halides is 3. The lowest BCUT2D eigenvalue weighted by Crippen LogP contribution is -2.43. The zero-order chi connectivity index (χ0) is 27.3. The molecule has 3 aromatic rings. The first-order chi connectivity index (χ1) is 18.1. The molecule has 1 aromatic heterocycles. The van der Waals surface area contributed by atoms with Crippen LogP contribution in [-0.2, 0) is 6.18 Å². The highest BCUT2D eigenvalue weighted by Crippen LogP contribution is 2.40. The van der Waals surface area contributed by atoms with Crippen molar-refractivity contribution in [2.24, 2.45) is 5.41 Å². The summed E-state index contributed by atoms with van der Waals surface area (Å²) >= 11 is 7.99. The number of thioether (sulfide) groups is 1. The number of aromatic nitrogens is 1. The summed E-state index contributed by atoms with van der Waals surface area (Å²) in [6.07, 6.45) is -0.847. The van der Waals surface area contributed by atoms with Gasteiger partial charge in [-0.2, -0.15) is 13.2 Å². The second-order valence-corrected chi connectivity index (χ2v) is 11.4. The number of aliphatic hydroxyl groups excluding tert-OH is 2. The number of methoxy groups -OCH3 is 1. The molecule has 0 aliphatic carbocycles. The van der Waals surface area contributed by atoms with Gasteiger partial charge in [-0.25, -0.2) is 0 Å². The first kappa shape index (κ1) is 29.0. The fourth-order valence-corrected chi connectivity index (χ4v) is 6.18. The molecular formula is C28H32ClF3N2O3S. The van der Waals surface area contributed by atoms with E-state index in [0.29, 0.717) is 29.2 Å². The molecule has 10 heteroatoms. The van der Waals surface area contributed by atoms with Crippen LogP contribution in [0, 0.1) is 5.41 Å². The van der Waals surface area contributed by atoms with Crippen LogP contribution in [-0.4, -0.2) is 59.2 Å². The maximum absolute atomic E-state index is 12.7. The fraction of sp³-hybridized carbons (Fsp3) is 0.464. The molecule has 1 aliphatic rings. The Balaban J connectivity index is 1.30. The highest BCUT2D eigenvalue weighted by Gasteiger charge is 2.35. The Morgan fingerprint density at radius 3 is 2.50 bits per heavy atom. The number of likely N-dealkylation sites (tertiary alicyclic amines) is 1. The molecule has 0 unspecified atom stereocenters. The number of ether oxygens (including phenoxy) is 1. The van der Waals surface area contributed by atoms with Gasteiger partial charge in [-0.05, 0) is 86.7 Å². The van der Waals surface area contributed by atoms with Gasteiger partial charge in [-0.3, -0.25) is 4.98 Å². The van der Waals surface area contributed by atoms with Gasteiger partial charge in [0.2, 0.25) is 0 Å². The minimum atomic E-state index is -4.32. The average molecular weight is 569 g/mol. The quantitative estimate of drug-likeness (QED) is 0.269. The van der Waals surface area contributed by atoms with Gasteiger partial charge in [0.1, 0.15) is 5.75 Å². The van der Waals surface area contributed by atoms with Crippen LogP contribution >= 0.6 is 23.4 Å². The summed E-state index contributed by atoms with van der Waals surface area (Å²) in [6, 6.07) is 10.7. The predicted octanol–water partition coefficient (Wildman–Crippen LogP) is 6.60. The highest BCUT2D eigenvalue weighted by atomic mass is 35.5. The molecule has 2 heterocycles. The van der Waals surface area contributed by atoms with Crippen molar-refractivity contribution in [3.8, 4) is 5.75 Å². The summed E-state index contributed by atoms with van der Waals surface area (Å²) in [5, 5.41) is 22.6. The minimum Gasteiger partial charge on any atom is -0.497 e. The number of fused-ring (bicyclic) bond motifs is 1. The van der Waals surface area contributed by atoms with E-state index in [1.807, 2.05) is 18.2 Å². The molecular weight excluding hydrogens is 537 g/mol. The number of hydrogen-bond donors (Lipinski definition) is 2. The summed E-state index contributed by atoms with van der Waals surface area (Å²) in [4.78, 5) is 7.49. The lowest BCUT2D eigenvalue weighted by molar-refractivity contribution is -0.137. The molecule has 1 fully saturated rings. The summed E-state index contributed by atoms with van der Waals surface area (Å²) in [7, 11) is 1.58. The standard InChI is InChI=1S/C28H32ClF3N2O3S/c1-37-20-4-7-24-22(16-20)26(23(29)17-33-24)25(36)8-9-27(18-35)10-12-34(13-11-27)14-15-38-21-5-2-19(3-6-21)28(30,31)32/h2-7,16-17,25,35-36H,8-15,18H2,1H3/t25-/m0/s1. The van der Waals surface area contributed by atoms with Gasteiger partial charge in [-0.1, -0.05) is 11.6 Å². The molecule has 0 bridgehead atoms. The molecule has 0 radical (unpaired) electrons. The van der Waals surface area contributed by atoms with Crippen molar-refractivity contribution in [3.05, 3.63) is 64.8 Å². The maximum atomic E-state index is 12.7. The fourth-order valence-electron chi connectivity index (χ4n) is 4.99. The Morgan fingerprint density at radius 2 is 1.87 bits per heavy atom. The van der Waals surface area contributed by atoms with Gasteiger partial charge in [0.25, 0.3) is 0 Å². The van der Waals surface area contributed by atoms with Crippen LogP contribution < -0.4 is 4.74 Å². The van der Waals surface area contributed by atoms with E-state index < -0.39 is 17.8 Å². The molecule has 206 valence electrons. The first-order valence-corrected chi connectivity index (χ1v) is 13.9. The van der Waals surface area contributed by atoms with E-state index >= 15 is 0 Å². The lowest BCUT2D eigenvalue weighted by atomic mass is 9.74. The van der Waals surface area contributed by atoms with Crippen LogP contribution in [0.15, 0.2) is 53.6 Å². The van der Waals surface area contributed by atoms with Gasteiger partial charge in [0, 0.05) is 40.9 Å². The van der Waals surface area contributed by atoms with Gasteiger partial charge in [-0.15, -0.1) is 11.8 Å². The number of nitrogens with zero attached hydrogens (tertiary/aromatic N) is 2. The minimum absolute atomic E-state index is 0.0481. The van der Waals surface area contributed by atoms with E-state index in [-0.39, 0.29) is 12.0 Å². The van der Waals surface area contributed by atoms with E-state index in [4.69, 9.17) is 16.3 Å². The number of pyridine rings is 1. The number of rotatable bonds is 10. The van der Waals surface area contributed by atoms with E-state index in [2.05, 4.69) is 9.88 Å². The molecule has 5 nitrogen and oxygen atoms in total. The second-order valence-electron chi connectivity index (χ2n) is 9.83. The summed E-state index contributed by atoms with van der Waals surface area (Å²) in [5.41, 5.74) is 0.442. The van der Waals surface area contributed by atoms with Crippen LogP contribution in [0.5, 0.6) is 5.75 Å². The average Bonchev–Trinajstić information content (AvgIpc) is 2.92. The van der Waals surface area contributed by atoms with E-state index in [1.165, 1.54) is 23.9 Å². The number of piperidine rings is 1. The molecule has 0 saturated carbocycles. The Morgan fingerprint density at radius 1 is 1.16 bits per heavy atom. The predicted molar refractivity (Wildman–Crippen MR) is 145 cm³/mol. The van der Waals surface area contributed by atoms with Crippen LogP contribution in [0.4, 0.5) is 13.2 Å². The number of hydrogen-bond acceptors (Lipinski definition) is 6. The molecule has 2 aromatic carbocycles. The Bertz CT molecular complexity index is 1220. The zero-order valence-electron chi connectivity index (χ0n) is 21.2. The molecule has 1 aliphatic heterocycles. The van der Waals surface area contributed by atoms with Gasteiger partial charge < -0.3 is 19.8 Å². The normalized spacial score (nSPS) is 17.0. The maximum Gasteiger partial charge on any atom is 0.416 e. The van der Waals surface area contributed by atoms with Crippen LogP contribution in [0.3, 0.4) is 0 Å².